The summed E-state index contributed by atoms with van der Waals surface area (Å²) in [5.74, 6) is -1.85. The van der Waals surface area contributed by atoms with E-state index in [0.717, 1.165) is 48.8 Å². The monoisotopic (exact) mass is 614 g/mol. The SMILES string of the molecule is CCCCCCCC(=O)NC(CCc1ccccc1)C(=O)NC(CCC(=O)OCc1ccccc1)C(=O)OCc1ccccc1. The molecule has 0 aliphatic carbocycles. The number of carbonyl (C=O) groups is 4. The van der Waals surface area contributed by atoms with Crippen molar-refractivity contribution in [3.05, 3.63) is 108 Å². The van der Waals surface area contributed by atoms with Crippen LogP contribution in [0.5, 0.6) is 0 Å². The van der Waals surface area contributed by atoms with Gasteiger partial charge in [0.25, 0.3) is 0 Å². The Labute approximate surface area is 266 Å². The van der Waals surface area contributed by atoms with Gasteiger partial charge in [-0.05, 0) is 42.4 Å². The highest BCUT2D eigenvalue weighted by molar-refractivity contribution is 5.91. The van der Waals surface area contributed by atoms with Crippen LogP contribution in [0.1, 0.15) is 81.4 Å². The molecule has 3 aromatic carbocycles. The Bertz CT molecular complexity index is 1300. The number of benzene rings is 3. The van der Waals surface area contributed by atoms with Crippen LogP contribution < -0.4 is 10.6 Å². The Hall–Kier alpha value is -4.46. The molecule has 3 rings (SSSR count). The quantitative estimate of drug-likeness (QED) is 0.116. The average Bonchev–Trinajstić information content (AvgIpc) is 3.07. The smallest absolute Gasteiger partial charge is 0.328 e. The van der Waals surface area contributed by atoms with E-state index in [4.69, 9.17) is 9.47 Å². The van der Waals surface area contributed by atoms with Crippen molar-refractivity contribution >= 4 is 23.8 Å². The molecule has 0 saturated heterocycles. The van der Waals surface area contributed by atoms with Crippen molar-refractivity contribution in [2.75, 3.05) is 0 Å². The number of carbonyl (C=O) groups excluding carboxylic acids is 4. The third-order valence-electron chi connectivity index (χ3n) is 7.43. The predicted octanol–water partition coefficient (Wildman–Crippen LogP) is 6.22. The molecule has 8 heteroatoms. The van der Waals surface area contributed by atoms with Gasteiger partial charge in [0.1, 0.15) is 25.3 Å². The summed E-state index contributed by atoms with van der Waals surface area (Å²) >= 11 is 0. The van der Waals surface area contributed by atoms with E-state index in [9.17, 15) is 19.2 Å². The van der Waals surface area contributed by atoms with Crippen molar-refractivity contribution in [2.24, 2.45) is 0 Å². The van der Waals surface area contributed by atoms with Crippen LogP contribution in [0, 0.1) is 0 Å². The summed E-state index contributed by atoms with van der Waals surface area (Å²) in [5, 5.41) is 5.66. The molecule has 3 aromatic rings. The second-order valence-corrected chi connectivity index (χ2v) is 11.1. The minimum atomic E-state index is -1.10. The van der Waals surface area contributed by atoms with Crippen LogP contribution in [0.2, 0.25) is 0 Å². The summed E-state index contributed by atoms with van der Waals surface area (Å²) in [4.78, 5) is 52.2. The molecule has 2 amide bonds. The van der Waals surface area contributed by atoms with E-state index < -0.39 is 29.9 Å². The van der Waals surface area contributed by atoms with Gasteiger partial charge in [0.05, 0.1) is 0 Å². The van der Waals surface area contributed by atoms with Gasteiger partial charge in [-0.3, -0.25) is 14.4 Å². The summed E-state index contributed by atoms with van der Waals surface area (Å²) in [6, 6.07) is 26.3. The van der Waals surface area contributed by atoms with Crippen molar-refractivity contribution in [2.45, 2.75) is 96.4 Å². The maximum absolute atomic E-state index is 13.6. The minimum absolute atomic E-state index is 0.0102. The van der Waals surface area contributed by atoms with E-state index in [1.165, 1.54) is 0 Å². The molecule has 240 valence electrons. The Morgan fingerprint density at radius 3 is 1.76 bits per heavy atom. The van der Waals surface area contributed by atoms with Crippen LogP contribution in [0.3, 0.4) is 0 Å². The van der Waals surface area contributed by atoms with E-state index in [1.807, 2.05) is 91.0 Å². The maximum atomic E-state index is 13.6. The number of rotatable bonds is 20. The second-order valence-electron chi connectivity index (χ2n) is 11.1. The van der Waals surface area contributed by atoms with Crippen LogP contribution in [0.4, 0.5) is 0 Å². The van der Waals surface area contributed by atoms with Gasteiger partial charge in [-0.2, -0.15) is 0 Å². The van der Waals surface area contributed by atoms with E-state index in [0.29, 0.717) is 19.3 Å². The molecule has 2 N–H and O–H groups in total. The Morgan fingerprint density at radius 1 is 0.600 bits per heavy atom. The molecule has 0 fully saturated rings. The highest BCUT2D eigenvalue weighted by Gasteiger charge is 2.28. The number of nitrogens with one attached hydrogen (secondary N) is 2. The molecule has 0 bridgehead atoms. The van der Waals surface area contributed by atoms with Crippen LogP contribution in [-0.4, -0.2) is 35.8 Å². The van der Waals surface area contributed by atoms with Crippen LogP contribution in [-0.2, 0) is 48.3 Å². The van der Waals surface area contributed by atoms with E-state index in [-0.39, 0.29) is 32.0 Å². The molecular weight excluding hydrogens is 568 g/mol. The molecule has 0 saturated carbocycles. The third kappa shape index (κ3) is 14.2. The zero-order valence-corrected chi connectivity index (χ0v) is 26.2. The van der Waals surface area contributed by atoms with Crippen LogP contribution in [0.15, 0.2) is 91.0 Å². The lowest BCUT2D eigenvalue weighted by atomic mass is 10.0. The standard InChI is InChI=1S/C37H46N2O6/c1-2-3-4-5-15-22-34(40)38-32(24-23-29-16-9-6-10-17-29)36(42)39-33(37(43)45-28-31-20-13-8-14-21-31)25-26-35(41)44-27-30-18-11-7-12-19-30/h6-14,16-21,32-33H,2-5,15,22-28H2,1H3,(H,38,40)(H,39,42). The lowest BCUT2D eigenvalue weighted by molar-refractivity contribution is -0.150. The molecule has 0 radical (unpaired) electrons. The number of ether oxygens (including phenoxy) is 2. The average molecular weight is 615 g/mol. The fourth-order valence-electron chi connectivity index (χ4n) is 4.80. The van der Waals surface area contributed by atoms with Crippen molar-refractivity contribution in [3.63, 3.8) is 0 Å². The van der Waals surface area contributed by atoms with Crippen LogP contribution in [0.25, 0.3) is 0 Å². The van der Waals surface area contributed by atoms with Gasteiger partial charge < -0.3 is 20.1 Å². The number of hydrogen-bond acceptors (Lipinski definition) is 6. The first-order valence-corrected chi connectivity index (χ1v) is 16.0. The van der Waals surface area contributed by atoms with Crippen molar-refractivity contribution in [3.8, 4) is 0 Å². The summed E-state index contributed by atoms with van der Waals surface area (Å²) in [5.41, 5.74) is 2.68. The summed E-state index contributed by atoms with van der Waals surface area (Å²) in [6.07, 6.45) is 6.15. The molecule has 8 nitrogen and oxygen atoms in total. The van der Waals surface area contributed by atoms with Gasteiger partial charge in [-0.1, -0.05) is 124 Å². The summed E-state index contributed by atoms with van der Waals surface area (Å²) in [6.45, 7) is 2.28. The van der Waals surface area contributed by atoms with Gasteiger partial charge in [0.15, 0.2) is 0 Å². The summed E-state index contributed by atoms with van der Waals surface area (Å²) in [7, 11) is 0. The molecule has 0 aliphatic heterocycles. The number of amides is 2. The number of hydrogen-bond donors (Lipinski definition) is 2. The van der Waals surface area contributed by atoms with Gasteiger partial charge in [0.2, 0.25) is 11.8 Å². The van der Waals surface area contributed by atoms with Gasteiger partial charge in [-0.15, -0.1) is 0 Å². The topological polar surface area (TPSA) is 111 Å². The molecular formula is C37H46N2O6. The third-order valence-corrected chi connectivity index (χ3v) is 7.43. The van der Waals surface area contributed by atoms with E-state index >= 15 is 0 Å². The highest BCUT2D eigenvalue weighted by atomic mass is 16.5. The lowest BCUT2D eigenvalue weighted by Crippen LogP contribution is -2.52. The van der Waals surface area contributed by atoms with Crippen molar-refractivity contribution < 1.29 is 28.7 Å². The normalized spacial score (nSPS) is 12.0. The fourth-order valence-corrected chi connectivity index (χ4v) is 4.80. The number of unbranched alkanes of at least 4 members (excludes halogenated alkanes) is 4. The first kappa shape index (κ1) is 35.0. The predicted molar refractivity (Wildman–Crippen MR) is 174 cm³/mol. The molecule has 0 heterocycles. The highest BCUT2D eigenvalue weighted by Crippen LogP contribution is 2.11. The number of esters is 2. The zero-order valence-electron chi connectivity index (χ0n) is 26.2. The lowest BCUT2D eigenvalue weighted by Gasteiger charge is -2.23. The first-order chi connectivity index (χ1) is 21.9. The Balaban J connectivity index is 1.65. The molecule has 0 aromatic heterocycles. The fraction of sp³-hybridized carbons (Fsp3) is 0.405. The summed E-state index contributed by atoms with van der Waals surface area (Å²) < 4.78 is 10.9. The van der Waals surface area contributed by atoms with E-state index in [2.05, 4.69) is 17.6 Å². The minimum Gasteiger partial charge on any atom is -0.461 e. The Kier molecular flexibility index (Phi) is 15.9. The van der Waals surface area contributed by atoms with Crippen molar-refractivity contribution in [1.29, 1.82) is 0 Å². The van der Waals surface area contributed by atoms with Gasteiger partial charge in [-0.25, -0.2) is 4.79 Å². The molecule has 0 aliphatic rings. The maximum Gasteiger partial charge on any atom is 0.328 e. The van der Waals surface area contributed by atoms with Crippen LogP contribution >= 0.6 is 0 Å². The Morgan fingerprint density at radius 2 is 1.16 bits per heavy atom. The molecule has 0 spiro atoms. The molecule has 2 unspecified atom stereocenters. The largest absolute Gasteiger partial charge is 0.461 e. The van der Waals surface area contributed by atoms with Gasteiger partial charge in [0, 0.05) is 12.8 Å². The van der Waals surface area contributed by atoms with Gasteiger partial charge >= 0.3 is 11.9 Å². The molecule has 2 atom stereocenters. The second kappa shape index (κ2) is 20.5. The zero-order chi connectivity index (χ0) is 32.1. The van der Waals surface area contributed by atoms with E-state index in [1.54, 1.807) is 0 Å². The van der Waals surface area contributed by atoms with Crippen molar-refractivity contribution in [1.82, 2.24) is 10.6 Å². The molecule has 45 heavy (non-hydrogen) atoms. The first-order valence-electron chi connectivity index (χ1n) is 16.0. The number of aryl methyl sites for hydroxylation is 1.